The number of hydrogen-bond acceptors (Lipinski definition) is 9. The molecule has 2 aromatic rings. The third-order valence-electron chi connectivity index (χ3n) is 6.62. The Balaban J connectivity index is 2.10. The van der Waals surface area contributed by atoms with Crippen molar-refractivity contribution in [3.8, 4) is 0 Å². The average molecular weight is 620 g/mol. The third kappa shape index (κ3) is 8.14. The molecule has 0 spiro atoms. The van der Waals surface area contributed by atoms with Gasteiger partial charge in [0.25, 0.3) is 0 Å². The van der Waals surface area contributed by atoms with Gasteiger partial charge in [-0.25, -0.2) is 0 Å². The van der Waals surface area contributed by atoms with Gasteiger partial charge in [-0.1, -0.05) is 53.2 Å². The maximum absolute atomic E-state index is 12.2. The molecule has 5 atom stereocenters. The maximum Gasteiger partial charge on any atom is 0.303 e. The lowest BCUT2D eigenvalue weighted by atomic mass is 9.88. The molecule has 9 nitrogen and oxygen atoms in total. The Bertz CT molecular complexity index is 1240. The van der Waals surface area contributed by atoms with Crippen LogP contribution in [-0.4, -0.2) is 54.9 Å². The monoisotopic (exact) mass is 618 g/mol. The smallest absolute Gasteiger partial charge is 0.303 e. The summed E-state index contributed by atoms with van der Waals surface area (Å²) in [6.07, 6.45) is -3.97. The van der Waals surface area contributed by atoms with Crippen molar-refractivity contribution in [3.05, 3.63) is 68.7 Å². The summed E-state index contributed by atoms with van der Waals surface area (Å²) in [7, 11) is 0. The number of carbonyl (C=O) groups is 4. The first-order valence-electron chi connectivity index (χ1n) is 13.1. The minimum atomic E-state index is -1.23. The molecule has 0 radical (unpaired) electrons. The minimum Gasteiger partial charge on any atom is -0.463 e. The fraction of sp³-hybridized carbons (Fsp3) is 0.467. The Labute approximate surface area is 242 Å². The summed E-state index contributed by atoms with van der Waals surface area (Å²) in [6.45, 7) is 8.68. The molecule has 0 amide bonds. The molecule has 0 aromatic heterocycles. The average Bonchev–Trinajstić information content (AvgIpc) is 2.87. The molecule has 0 N–H and O–H groups in total. The molecule has 40 heavy (non-hydrogen) atoms. The summed E-state index contributed by atoms with van der Waals surface area (Å²) in [5, 5.41) is 0. The highest BCUT2D eigenvalue weighted by Gasteiger charge is 2.52. The Morgan fingerprint density at radius 1 is 0.800 bits per heavy atom. The van der Waals surface area contributed by atoms with Gasteiger partial charge in [-0.05, 0) is 53.6 Å². The number of aryl methyl sites for hydroxylation is 1. The van der Waals surface area contributed by atoms with Crippen LogP contribution in [0.15, 0.2) is 40.9 Å². The molecule has 1 aliphatic heterocycles. The molecule has 1 unspecified atom stereocenters. The van der Waals surface area contributed by atoms with Gasteiger partial charge >= 0.3 is 23.9 Å². The fourth-order valence-corrected chi connectivity index (χ4v) is 5.24. The number of esters is 4. The van der Waals surface area contributed by atoms with Crippen LogP contribution >= 0.6 is 15.9 Å². The standard InChI is InChI=1S/C30H35BrO9/c1-7-21-8-10-22(11-9-21)12-23-13-24(14-25(31)16(23)2)27-29(38-19(5)34)30(39-20(6)35)28(37-18(4)33)26(40-27)15-36-17(3)32/h8-11,13-14,26-30H,7,12,15H2,1-6H3/t26?,27-,28+,29-,30-/m0/s1. The molecule has 10 heteroatoms. The summed E-state index contributed by atoms with van der Waals surface area (Å²) in [4.78, 5) is 48.0. The van der Waals surface area contributed by atoms with E-state index in [0.29, 0.717) is 12.0 Å². The van der Waals surface area contributed by atoms with Crippen molar-refractivity contribution in [2.24, 2.45) is 0 Å². The van der Waals surface area contributed by atoms with Crippen molar-refractivity contribution in [2.75, 3.05) is 6.61 Å². The number of benzene rings is 2. The van der Waals surface area contributed by atoms with Crippen LogP contribution in [0.2, 0.25) is 0 Å². The quantitative estimate of drug-likeness (QED) is 0.291. The van der Waals surface area contributed by atoms with Gasteiger partial charge in [0.1, 0.15) is 18.8 Å². The van der Waals surface area contributed by atoms with E-state index in [1.54, 1.807) is 0 Å². The first-order valence-corrected chi connectivity index (χ1v) is 13.9. The van der Waals surface area contributed by atoms with Crippen LogP contribution in [0.3, 0.4) is 0 Å². The van der Waals surface area contributed by atoms with Gasteiger partial charge < -0.3 is 23.7 Å². The second-order valence-corrected chi connectivity index (χ2v) is 10.6. The van der Waals surface area contributed by atoms with E-state index in [1.165, 1.54) is 33.3 Å². The van der Waals surface area contributed by atoms with Crippen molar-refractivity contribution in [3.63, 3.8) is 0 Å². The van der Waals surface area contributed by atoms with Crippen molar-refractivity contribution in [2.45, 2.75) is 84.9 Å². The van der Waals surface area contributed by atoms with Gasteiger partial charge in [0.2, 0.25) is 0 Å². The van der Waals surface area contributed by atoms with E-state index < -0.39 is 54.4 Å². The zero-order chi connectivity index (χ0) is 29.6. The Morgan fingerprint density at radius 2 is 1.35 bits per heavy atom. The molecule has 0 aliphatic carbocycles. The van der Waals surface area contributed by atoms with Crippen molar-refractivity contribution < 1.29 is 42.9 Å². The lowest BCUT2D eigenvalue weighted by Gasteiger charge is -2.44. The topological polar surface area (TPSA) is 114 Å². The van der Waals surface area contributed by atoms with Crippen LogP contribution in [0.5, 0.6) is 0 Å². The highest BCUT2D eigenvalue weighted by Crippen LogP contribution is 2.39. The van der Waals surface area contributed by atoms with Crippen LogP contribution in [0.1, 0.15) is 68.5 Å². The summed E-state index contributed by atoms with van der Waals surface area (Å²) >= 11 is 3.65. The van der Waals surface area contributed by atoms with Gasteiger partial charge in [0.15, 0.2) is 18.3 Å². The number of hydrogen-bond donors (Lipinski definition) is 0. The summed E-state index contributed by atoms with van der Waals surface area (Å²) in [5.74, 6) is -2.55. The van der Waals surface area contributed by atoms with E-state index in [4.69, 9.17) is 23.7 Å². The van der Waals surface area contributed by atoms with Crippen molar-refractivity contribution >= 4 is 39.8 Å². The second kappa shape index (κ2) is 13.9. The van der Waals surface area contributed by atoms with Crippen LogP contribution in [0.25, 0.3) is 0 Å². The Morgan fingerprint density at radius 3 is 1.90 bits per heavy atom. The third-order valence-corrected chi connectivity index (χ3v) is 7.44. The maximum atomic E-state index is 12.2. The van der Waals surface area contributed by atoms with Crippen LogP contribution in [0.4, 0.5) is 0 Å². The predicted octanol–water partition coefficient (Wildman–Crippen LogP) is 4.71. The number of carbonyl (C=O) groups excluding carboxylic acids is 4. The van der Waals surface area contributed by atoms with Crippen LogP contribution < -0.4 is 0 Å². The van der Waals surface area contributed by atoms with Gasteiger partial charge in [-0.3, -0.25) is 19.2 Å². The number of ether oxygens (including phenoxy) is 5. The highest BCUT2D eigenvalue weighted by molar-refractivity contribution is 9.10. The van der Waals surface area contributed by atoms with Crippen molar-refractivity contribution in [1.82, 2.24) is 0 Å². The first-order chi connectivity index (χ1) is 18.9. The Hall–Kier alpha value is -3.24. The Kier molecular flexibility index (Phi) is 10.9. The lowest BCUT2D eigenvalue weighted by Crippen LogP contribution is -2.59. The SMILES string of the molecule is CCc1ccc(Cc2cc([C@@H]3OC(COC(C)=O)[C@@H](OC(C)=O)[C@H](OC(C)=O)[C@H]3OC(C)=O)cc(Br)c2C)cc1. The molecule has 0 saturated carbocycles. The van der Waals surface area contributed by atoms with Gasteiger partial charge in [-0.2, -0.15) is 0 Å². The molecular formula is C30H35BrO9. The highest BCUT2D eigenvalue weighted by atomic mass is 79.9. The van der Waals surface area contributed by atoms with Gasteiger partial charge in [0, 0.05) is 32.2 Å². The van der Waals surface area contributed by atoms with E-state index in [2.05, 4.69) is 47.1 Å². The van der Waals surface area contributed by atoms with Crippen LogP contribution in [-0.2, 0) is 55.7 Å². The van der Waals surface area contributed by atoms with E-state index in [1.807, 2.05) is 19.1 Å². The molecule has 216 valence electrons. The van der Waals surface area contributed by atoms with Crippen LogP contribution in [0, 0.1) is 6.92 Å². The largest absolute Gasteiger partial charge is 0.463 e. The van der Waals surface area contributed by atoms with E-state index in [0.717, 1.165) is 27.6 Å². The van der Waals surface area contributed by atoms with Gasteiger partial charge in [0.05, 0.1) is 0 Å². The molecule has 1 fully saturated rings. The number of rotatable bonds is 9. The fourth-order valence-electron chi connectivity index (χ4n) is 4.72. The zero-order valence-corrected chi connectivity index (χ0v) is 25.1. The molecule has 0 bridgehead atoms. The lowest BCUT2D eigenvalue weighted by molar-refractivity contribution is -0.254. The zero-order valence-electron chi connectivity index (χ0n) is 23.5. The molecule has 3 rings (SSSR count). The molecule has 1 heterocycles. The van der Waals surface area contributed by atoms with E-state index in [-0.39, 0.29) is 6.61 Å². The number of halogens is 1. The second-order valence-electron chi connectivity index (χ2n) is 9.75. The molecule has 1 saturated heterocycles. The minimum absolute atomic E-state index is 0.280. The molecular weight excluding hydrogens is 584 g/mol. The van der Waals surface area contributed by atoms with Gasteiger partial charge in [-0.15, -0.1) is 0 Å². The molecule has 1 aliphatic rings. The first kappa shape index (κ1) is 31.3. The van der Waals surface area contributed by atoms with E-state index in [9.17, 15) is 19.2 Å². The summed E-state index contributed by atoms with van der Waals surface area (Å²) < 4.78 is 29.1. The normalized spacial score (nSPS) is 22.2. The van der Waals surface area contributed by atoms with E-state index >= 15 is 0 Å². The predicted molar refractivity (Wildman–Crippen MR) is 148 cm³/mol. The summed E-state index contributed by atoms with van der Waals surface area (Å²) in [6, 6.07) is 12.2. The van der Waals surface area contributed by atoms with Crippen molar-refractivity contribution in [1.29, 1.82) is 0 Å². The molecule has 2 aromatic carbocycles. The summed E-state index contributed by atoms with van der Waals surface area (Å²) in [5.41, 5.74) is 5.02.